The van der Waals surface area contributed by atoms with Crippen molar-refractivity contribution >= 4 is 80.7 Å². The smallest absolute Gasteiger partial charge is 0.270 e. The fourth-order valence-corrected chi connectivity index (χ4v) is 23.2. The van der Waals surface area contributed by atoms with Crippen molar-refractivity contribution in [3.05, 3.63) is 310 Å². The third-order valence-corrected chi connectivity index (χ3v) is 29.7. The van der Waals surface area contributed by atoms with E-state index in [1.54, 1.807) is 34.8 Å². The summed E-state index contributed by atoms with van der Waals surface area (Å²) in [4.78, 5) is 42.8. The zero-order valence-corrected chi connectivity index (χ0v) is 78.5. The van der Waals surface area contributed by atoms with E-state index in [9.17, 15) is 10.5 Å². The molecule has 0 aliphatic heterocycles. The number of allylic oxidation sites excluding steroid dienone is 6. The number of aryl methyl sites for hydroxylation is 8. The Morgan fingerprint density at radius 1 is 0.331 bits per heavy atom. The lowest BCUT2D eigenvalue weighted by Gasteiger charge is -2.37. The van der Waals surface area contributed by atoms with Crippen molar-refractivity contribution in [1.29, 1.82) is 10.5 Å². The van der Waals surface area contributed by atoms with Gasteiger partial charge in [-0.05, 0) is 263 Å². The van der Waals surface area contributed by atoms with Gasteiger partial charge in [0, 0.05) is 52.9 Å². The molecule has 0 fully saturated rings. The van der Waals surface area contributed by atoms with Crippen LogP contribution in [0.4, 0.5) is 0 Å². The molecule has 0 spiro atoms. The van der Waals surface area contributed by atoms with Crippen molar-refractivity contribution in [1.82, 2.24) is 0 Å². The number of thiophene rings is 2. The number of unbranched alkanes of at least 4 members (excludes halogenated alkanes) is 24. The van der Waals surface area contributed by atoms with Gasteiger partial charge in [0.25, 0.3) is 11.4 Å². The molecule has 0 saturated carbocycles. The lowest BCUT2D eigenvalue weighted by molar-refractivity contribution is 0.103. The van der Waals surface area contributed by atoms with E-state index < -0.39 is 10.8 Å². The second-order valence-corrected chi connectivity index (χ2v) is 38.9. The van der Waals surface area contributed by atoms with Gasteiger partial charge in [0.15, 0.2) is 11.6 Å². The normalized spacial score (nSPS) is 15.2. The van der Waals surface area contributed by atoms with Gasteiger partial charge in [0.05, 0.1) is 46.2 Å². The van der Waals surface area contributed by atoms with Crippen molar-refractivity contribution in [2.45, 2.75) is 323 Å². The molecule has 0 radical (unpaired) electrons. The van der Waals surface area contributed by atoms with Gasteiger partial charge in [-0.25, -0.2) is 20.2 Å². The van der Waals surface area contributed by atoms with Crippen LogP contribution in [-0.2, 0) is 62.2 Å². The number of carbonyl (C=O) groups excluding carboxylic acids is 2. The van der Waals surface area contributed by atoms with E-state index in [1.165, 1.54) is 135 Å². The Kier molecular flexibility index (Phi) is 33.0. The average Bonchev–Trinajstić information content (AvgIpc) is 1.50. The molecule has 4 aliphatic carbocycles. The SMILES string of the molecule is [C-]#[N+]C(C#N)=C1/C(=C/c2cc3c(s2)-c2cc4c(cc2C3(c2cc(CCCCCC)cc(CCCCCC)c2)c2cc(CCCCCC)cc(CCCCCC)c2)-c2sc(/C=C3\C(=O)c5cc(Cl)c(Cl)cc5\C3=C(\C#N)[N+]#[C-])cc2C4(c2cc(CCCCCC)cc(CCCCCC)c2)c2cc(CCCCCC)cc(CCCCCC)c2)C(=O)c2ccccc21. The van der Waals surface area contributed by atoms with Crippen LogP contribution in [0.5, 0.6) is 0 Å². The van der Waals surface area contributed by atoms with Gasteiger partial charge < -0.3 is 0 Å². The van der Waals surface area contributed by atoms with Crippen molar-refractivity contribution in [2.75, 3.05) is 0 Å². The fraction of sp³-hybridized carbons (Fsp3) is 0.439. The maximum Gasteiger partial charge on any atom is 0.270 e. The Bertz CT molecular complexity index is 5380. The molecule has 2 heterocycles. The predicted molar refractivity (Wildman–Crippen MR) is 525 cm³/mol. The Labute approximate surface area is 761 Å². The maximum absolute atomic E-state index is 15.6. The molecule has 0 saturated heterocycles. The Hall–Kier alpha value is -9.22. The molecular weight excluding hydrogens is 1590 g/mol. The summed E-state index contributed by atoms with van der Waals surface area (Å²) in [6.07, 6.45) is 47.9. The number of hydrogen-bond acceptors (Lipinski definition) is 6. The predicted octanol–water partition coefficient (Wildman–Crippen LogP) is 33.7. The van der Waals surface area contributed by atoms with Gasteiger partial charge in [-0.3, -0.25) is 9.59 Å². The number of rotatable bonds is 46. The number of ketones is 2. The van der Waals surface area contributed by atoms with E-state index in [0.29, 0.717) is 33.4 Å². The summed E-state index contributed by atoms with van der Waals surface area (Å²) < 4.78 is 0. The summed E-state index contributed by atoms with van der Waals surface area (Å²) in [6, 6.07) is 56.4. The van der Waals surface area contributed by atoms with Crippen molar-refractivity contribution < 1.29 is 9.59 Å². The van der Waals surface area contributed by atoms with E-state index in [1.807, 2.05) is 36.4 Å². The largest absolute Gasteiger partial charge is 0.289 e. The van der Waals surface area contributed by atoms with Crippen molar-refractivity contribution in [3.8, 4) is 33.0 Å². The molecule has 0 atom stereocenters. The van der Waals surface area contributed by atoms with Gasteiger partial charge >= 0.3 is 0 Å². The Balaban J connectivity index is 1.24. The molecule has 13 rings (SSSR count). The molecule has 0 amide bonds. The minimum Gasteiger partial charge on any atom is -0.289 e. The number of carbonyl (C=O) groups is 2. The van der Waals surface area contributed by atoms with Crippen LogP contribution < -0.4 is 0 Å². The molecule has 0 bridgehead atoms. The summed E-state index contributed by atoms with van der Waals surface area (Å²) >= 11 is 17.2. The first-order chi connectivity index (χ1) is 60.6. The van der Waals surface area contributed by atoms with Crippen LogP contribution in [-0.4, -0.2) is 11.6 Å². The van der Waals surface area contributed by atoms with E-state index in [-0.39, 0.29) is 44.2 Å². The van der Waals surface area contributed by atoms with E-state index in [4.69, 9.17) is 36.3 Å². The van der Waals surface area contributed by atoms with Crippen molar-refractivity contribution in [2.24, 2.45) is 0 Å². The Morgan fingerprint density at radius 2 is 0.597 bits per heavy atom. The fourth-order valence-electron chi connectivity index (χ4n) is 20.5. The number of hydrogen-bond donors (Lipinski definition) is 0. The van der Waals surface area contributed by atoms with E-state index in [0.717, 1.165) is 242 Å². The van der Waals surface area contributed by atoms with E-state index in [2.05, 4.69) is 174 Å². The van der Waals surface area contributed by atoms with Crippen molar-refractivity contribution in [3.63, 3.8) is 0 Å². The minimum absolute atomic E-state index is 0.0956. The zero-order valence-electron chi connectivity index (χ0n) is 75.3. The number of benzene rings is 7. The van der Waals surface area contributed by atoms with Crippen LogP contribution >= 0.6 is 45.9 Å². The van der Waals surface area contributed by atoms with Crippen LogP contribution in [0.2, 0.25) is 10.0 Å². The highest BCUT2D eigenvalue weighted by molar-refractivity contribution is 7.17. The van der Waals surface area contributed by atoms with Crippen LogP contribution in [0.1, 0.15) is 391 Å². The molecule has 124 heavy (non-hydrogen) atoms. The molecule has 2 aromatic heterocycles. The number of nitrogens with zero attached hydrogens (tertiary/aromatic N) is 4. The molecule has 0 N–H and O–H groups in total. The number of nitriles is 2. The summed E-state index contributed by atoms with van der Waals surface area (Å²) in [5.74, 6) is -0.496. The minimum atomic E-state index is -0.977. The molecule has 6 nitrogen and oxygen atoms in total. The topological polar surface area (TPSA) is 90.4 Å². The molecule has 9 aromatic rings. The van der Waals surface area contributed by atoms with Crippen LogP contribution in [0, 0.1) is 35.8 Å². The van der Waals surface area contributed by atoms with Crippen LogP contribution in [0.25, 0.3) is 53.9 Å². The van der Waals surface area contributed by atoms with Gasteiger partial charge in [-0.2, -0.15) is 0 Å². The van der Waals surface area contributed by atoms with Gasteiger partial charge in [-0.15, -0.1) is 22.7 Å². The molecular formula is C114H128Cl2N4O2S2. The van der Waals surface area contributed by atoms with Crippen LogP contribution in [0.3, 0.4) is 0 Å². The summed E-state index contributed by atoms with van der Waals surface area (Å²) in [7, 11) is 0. The lowest BCUT2D eigenvalue weighted by atomic mass is 9.64. The third kappa shape index (κ3) is 19.9. The maximum atomic E-state index is 15.6. The third-order valence-electron chi connectivity index (χ3n) is 26.8. The molecule has 642 valence electrons. The highest BCUT2D eigenvalue weighted by Gasteiger charge is 2.54. The van der Waals surface area contributed by atoms with Gasteiger partial charge in [-0.1, -0.05) is 330 Å². The van der Waals surface area contributed by atoms with Gasteiger partial charge in [0.2, 0.25) is 0 Å². The average molecular weight is 1720 g/mol. The van der Waals surface area contributed by atoms with Crippen LogP contribution in [0.15, 0.2) is 156 Å². The number of fused-ring (bicyclic) bond motifs is 8. The zero-order chi connectivity index (χ0) is 87.3. The molecule has 10 heteroatoms. The molecule has 7 aromatic carbocycles. The highest BCUT2D eigenvalue weighted by atomic mass is 35.5. The second kappa shape index (κ2) is 44.3. The van der Waals surface area contributed by atoms with Gasteiger partial charge in [0.1, 0.15) is 0 Å². The number of Topliss-reactive ketones (excluding diaryl/α,β-unsaturated/α-hetero) is 2. The molecule has 4 aliphatic rings. The first-order valence-corrected chi connectivity index (χ1v) is 50.2. The lowest BCUT2D eigenvalue weighted by Crippen LogP contribution is -2.31. The standard InChI is InChI=1S/C114H128Cl2N4O2S2/c1-11-19-27-35-45-77-55-78(46-36-28-20-12-2)60-85(59-77)113(86-61-79(47-37-29-21-13-3)56-80(62-86)48-38-30-22-14-4)99-72-96-100(71-95(99)111-101(113)69-89(123-111)67-97-107(105(75-117)119-9)91-53-43-44-54-92(91)109(97)121)114(87-63-81(49-39-31-23-15-5)57-82(64-87)50-40-32-24-16-6,88-65-83(51-41-33-25-17-7)58-84(66-88)52-42-34-26-18-8)102-70-90(124-112(96)102)68-98-108(106(76-118)120-10)93-73-103(115)104(116)74-94(93)110(98)122/h43-44,53-74H,11-42,45-52H2,1-8H3/b97-67-,98-68-,107-105?,108-106+. The summed E-state index contributed by atoms with van der Waals surface area (Å²) in [5, 5.41) is 22.4. The molecule has 0 unspecified atom stereocenters. The number of halogens is 2. The summed E-state index contributed by atoms with van der Waals surface area (Å²) in [5.41, 5.74) is 23.7. The Morgan fingerprint density at radius 3 is 0.871 bits per heavy atom. The van der Waals surface area contributed by atoms with E-state index >= 15 is 9.59 Å². The summed E-state index contributed by atoms with van der Waals surface area (Å²) in [6.45, 7) is 35.5. The highest BCUT2D eigenvalue weighted by Crippen LogP contribution is 2.66. The first kappa shape index (κ1) is 92.4. The quantitative estimate of drug-likeness (QED) is 0.0165. The monoisotopic (exact) mass is 1720 g/mol. The second-order valence-electron chi connectivity index (χ2n) is 35.9. The first-order valence-electron chi connectivity index (χ1n) is 47.8.